The molecule has 0 bridgehead atoms. The third-order valence-corrected chi connectivity index (χ3v) is 5.41. The van der Waals surface area contributed by atoms with Crippen molar-refractivity contribution in [2.75, 3.05) is 19.6 Å². The first-order valence-electron chi connectivity index (χ1n) is 9.87. The van der Waals surface area contributed by atoms with E-state index in [1.165, 1.54) is 0 Å². The SMILES string of the molecule is C=C/C=C(\C=C)CN1CCC(NC(=O)C(O)(c2cc(F)cc(F)c2)C(C)C)CC1. The minimum atomic E-state index is -2.01. The Kier molecular flexibility index (Phi) is 7.88. The molecule has 1 aromatic rings. The molecule has 0 aromatic heterocycles. The highest BCUT2D eigenvalue weighted by atomic mass is 19.1. The first-order chi connectivity index (χ1) is 13.7. The monoisotopic (exact) mass is 404 g/mol. The molecular weight excluding hydrogens is 374 g/mol. The number of nitrogens with one attached hydrogen (secondary N) is 1. The van der Waals surface area contributed by atoms with Crippen molar-refractivity contribution in [1.29, 1.82) is 0 Å². The minimum absolute atomic E-state index is 0.0786. The number of piperidine rings is 1. The van der Waals surface area contributed by atoms with E-state index in [0.29, 0.717) is 0 Å². The van der Waals surface area contributed by atoms with E-state index in [4.69, 9.17) is 0 Å². The molecule has 4 nitrogen and oxygen atoms in total. The lowest BCUT2D eigenvalue weighted by Crippen LogP contribution is -2.53. The first kappa shape index (κ1) is 23.0. The van der Waals surface area contributed by atoms with E-state index < -0.39 is 29.1 Å². The molecule has 0 radical (unpaired) electrons. The molecule has 29 heavy (non-hydrogen) atoms. The summed E-state index contributed by atoms with van der Waals surface area (Å²) >= 11 is 0. The average Bonchev–Trinajstić information content (AvgIpc) is 2.67. The van der Waals surface area contributed by atoms with Gasteiger partial charge in [0, 0.05) is 31.7 Å². The number of hydrogen-bond donors (Lipinski definition) is 2. The number of likely N-dealkylation sites (tertiary alicyclic amines) is 1. The van der Waals surface area contributed by atoms with Gasteiger partial charge in [-0.15, -0.1) is 0 Å². The van der Waals surface area contributed by atoms with Gasteiger partial charge in [0.2, 0.25) is 0 Å². The molecule has 6 heteroatoms. The number of nitrogens with zero attached hydrogens (tertiary/aromatic N) is 1. The van der Waals surface area contributed by atoms with Crippen LogP contribution >= 0.6 is 0 Å². The van der Waals surface area contributed by atoms with Crippen LogP contribution < -0.4 is 5.32 Å². The Hall–Kier alpha value is -2.31. The number of allylic oxidation sites excluding steroid dienone is 2. The zero-order chi connectivity index (χ0) is 21.6. The normalized spacial score (nSPS) is 18.3. The van der Waals surface area contributed by atoms with E-state index in [2.05, 4.69) is 23.4 Å². The summed E-state index contributed by atoms with van der Waals surface area (Å²) in [5.41, 5.74) is -1.02. The maximum Gasteiger partial charge on any atom is 0.257 e. The molecule has 1 unspecified atom stereocenters. The molecule has 0 aliphatic carbocycles. The van der Waals surface area contributed by atoms with Crippen LogP contribution in [0, 0.1) is 17.6 Å². The van der Waals surface area contributed by atoms with Crippen molar-refractivity contribution in [2.45, 2.75) is 38.3 Å². The van der Waals surface area contributed by atoms with Crippen LogP contribution in [0.2, 0.25) is 0 Å². The summed E-state index contributed by atoms with van der Waals surface area (Å²) in [6, 6.07) is 2.62. The highest BCUT2D eigenvalue weighted by Crippen LogP contribution is 2.31. The van der Waals surface area contributed by atoms with Crippen molar-refractivity contribution in [1.82, 2.24) is 10.2 Å². The lowest BCUT2D eigenvalue weighted by Gasteiger charge is -2.36. The topological polar surface area (TPSA) is 52.6 Å². The Balaban J connectivity index is 2.05. The molecule has 1 amide bonds. The van der Waals surface area contributed by atoms with Crippen molar-refractivity contribution in [2.24, 2.45) is 5.92 Å². The number of rotatable bonds is 8. The van der Waals surface area contributed by atoms with Gasteiger partial charge in [0.25, 0.3) is 5.91 Å². The number of carbonyl (C=O) groups excluding carboxylic acids is 1. The fourth-order valence-corrected chi connectivity index (χ4v) is 3.63. The van der Waals surface area contributed by atoms with Crippen LogP contribution in [0.15, 0.2) is 55.2 Å². The molecule has 158 valence electrons. The van der Waals surface area contributed by atoms with Gasteiger partial charge in [0.05, 0.1) is 0 Å². The molecule has 1 aromatic carbocycles. The summed E-state index contributed by atoms with van der Waals surface area (Å²) in [7, 11) is 0. The molecule has 1 aliphatic heterocycles. The molecule has 1 fully saturated rings. The van der Waals surface area contributed by atoms with E-state index in [9.17, 15) is 18.7 Å². The molecule has 1 atom stereocenters. The Bertz CT molecular complexity index is 763. The molecule has 1 heterocycles. The largest absolute Gasteiger partial charge is 0.375 e. The summed E-state index contributed by atoms with van der Waals surface area (Å²) in [5, 5.41) is 14.0. The molecule has 0 spiro atoms. The summed E-state index contributed by atoms with van der Waals surface area (Å²) in [4.78, 5) is 15.2. The van der Waals surface area contributed by atoms with Gasteiger partial charge in [-0.3, -0.25) is 9.69 Å². The average molecular weight is 405 g/mol. The van der Waals surface area contributed by atoms with Crippen molar-refractivity contribution >= 4 is 5.91 Å². The highest BCUT2D eigenvalue weighted by molar-refractivity contribution is 5.86. The highest BCUT2D eigenvalue weighted by Gasteiger charge is 2.42. The van der Waals surface area contributed by atoms with Gasteiger partial charge in [-0.05, 0) is 42.0 Å². The minimum Gasteiger partial charge on any atom is -0.375 e. The van der Waals surface area contributed by atoms with Gasteiger partial charge in [0.1, 0.15) is 11.6 Å². The summed E-state index contributed by atoms with van der Waals surface area (Å²) in [5.74, 6) is -2.85. The molecule has 2 rings (SSSR count). The predicted octanol–water partition coefficient (Wildman–Crippen LogP) is 3.69. The number of aliphatic hydroxyl groups is 1. The lowest BCUT2D eigenvalue weighted by molar-refractivity contribution is -0.147. The van der Waals surface area contributed by atoms with Gasteiger partial charge >= 0.3 is 0 Å². The van der Waals surface area contributed by atoms with E-state index >= 15 is 0 Å². The van der Waals surface area contributed by atoms with Crippen molar-refractivity contribution < 1.29 is 18.7 Å². The predicted molar refractivity (Wildman–Crippen MR) is 111 cm³/mol. The quantitative estimate of drug-likeness (QED) is 0.650. The van der Waals surface area contributed by atoms with E-state index in [0.717, 1.165) is 56.2 Å². The Morgan fingerprint density at radius 1 is 1.28 bits per heavy atom. The third-order valence-electron chi connectivity index (χ3n) is 5.41. The van der Waals surface area contributed by atoms with Gasteiger partial charge in [-0.1, -0.05) is 45.2 Å². The second kappa shape index (κ2) is 9.94. The molecule has 2 N–H and O–H groups in total. The van der Waals surface area contributed by atoms with Crippen molar-refractivity contribution in [3.63, 3.8) is 0 Å². The third kappa shape index (κ3) is 5.61. The Morgan fingerprint density at radius 3 is 2.34 bits per heavy atom. The second-order valence-corrected chi connectivity index (χ2v) is 7.78. The molecule has 0 saturated carbocycles. The summed E-state index contributed by atoms with van der Waals surface area (Å²) < 4.78 is 27.3. The fraction of sp³-hybridized carbons (Fsp3) is 0.435. The molecule has 1 saturated heterocycles. The van der Waals surface area contributed by atoms with E-state index in [1.807, 2.05) is 6.08 Å². The molecular formula is C23H30F2N2O2. The van der Waals surface area contributed by atoms with Crippen LogP contribution in [0.5, 0.6) is 0 Å². The molecule has 1 aliphatic rings. The zero-order valence-electron chi connectivity index (χ0n) is 17.1. The van der Waals surface area contributed by atoms with Crippen LogP contribution in [0.4, 0.5) is 8.78 Å². The lowest BCUT2D eigenvalue weighted by atomic mass is 9.82. The van der Waals surface area contributed by atoms with E-state index in [1.54, 1.807) is 26.0 Å². The number of benzene rings is 1. The number of carbonyl (C=O) groups is 1. The first-order valence-corrected chi connectivity index (χ1v) is 9.87. The number of hydrogen-bond acceptors (Lipinski definition) is 3. The van der Waals surface area contributed by atoms with Crippen LogP contribution in [-0.4, -0.2) is 41.6 Å². The summed E-state index contributed by atoms with van der Waals surface area (Å²) in [6.45, 7) is 13.1. The van der Waals surface area contributed by atoms with Gasteiger partial charge in [-0.2, -0.15) is 0 Å². The second-order valence-electron chi connectivity index (χ2n) is 7.78. The van der Waals surface area contributed by atoms with Gasteiger partial charge in [-0.25, -0.2) is 8.78 Å². The Morgan fingerprint density at radius 2 is 1.86 bits per heavy atom. The van der Waals surface area contributed by atoms with Crippen molar-refractivity contribution in [3.8, 4) is 0 Å². The van der Waals surface area contributed by atoms with Crippen LogP contribution in [0.3, 0.4) is 0 Å². The van der Waals surface area contributed by atoms with Crippen LogP contribution in [0.25, 0.3) is 0 Å². The van der Waals surface area contributed by atoms with Gasteiger partial charge < -0.3 is 10.4 Å². The van der Waals surface area contributed by atoms with Crippen molar-refractivity contribution in [3.05, 3.63) is 72.4 Å². The number of halogens is 2. The van der Waals surface area contributed by atoms with E-state index in [-0.39, 0.29) is 11.6 Å². The number of amides is 1. The van der Waals surface area contributed by atoms with Gasteiger partial charge in [0.15, 0.2) is 5.60 Å². The maximum atomic E-state index is 13.7. The summed E-state index contributed by atoms with van der Waals surface area (Å²) in [6.07, 6.45) is 6.88. The zero-order valence-corrected chi connectivity index (χ0v) is 17.1. The standard InChI is InChI=1S/C23H30F2N2O2/c1-5-7-17(6-2)15-27-10-8-21(9-11-27)26-22(28)23(29,16(3)4)18-12-19(24)14-20(25)13-18/h5-7,12-14,16,21,29H,1-2,8-11,15H2,3-4H3,(H,26,28)/b17-7+. The maximum absolute atomic E-state index is 13.7. The Labute approximate surface area is 171 Å². The van der Waals surface area contributed by atoms with Crippen LogP contribution in [-0.2, 0) is 10.4 Å². The van der Waals surface area contributed by atoms with Crippen LogP contribution in [0.1, 0.15) is 32.3 Å². The smallest absolute Gasteiger partial charge is 0.257 e. The fourth-order valence-electron chi connectivity index (χ4n) is 3.63.